The summed E-state index contributed by atoms with van der Waals surface area (Å²) in [7, 11) is 0. The molecular formula is C10H18N4O6. The van der Waals surface area contributed by atoms with Gasteiger partial charge < -0.3 is 9.47 Å². The minimum atomic E-state index is -0.612. The molecule has 0 aromatic rings. The summed E-state index contributed by atoms with van der Waals surface area (Å²) in [5.74, 6) is -1.50. The van der Waals surface area contributed by atoms with Crippen molar-refractivity contribution in [1.82, 2.24) is 11.0 Å². The molecule has 0 fully saturated rings. The number of hydrogen-bond acceptors (Lipinski definition) is 8. The molecule has 0 unspecified atom stereocenters. The molecule has 0 aliphatic rings. The second-order valence-electron chi connectivity index (χ2n) is 3.61. The predicted octanol–water partition coefficient (Wildman–Crippen LogP) is -0.455. The standard InChI is InChI=1S/C10H18N4O6/c11-7(1-3-9(15)13-17)19-5-6-20-8(12)2-4-10(16)14-18/h11-12,17-18H,1-6H2,(H,13,15)(H,14,16). The van der Waals surface area contributed by atoms with Crippen LogP contribution in [0.4, 0.5) is 0 Å². The highest BCUT2D eigenvalue weighted by molar-refractivity contribution is 5.82. The molecule has 0 aromatic carbocycles. The first-order chi connectivity index (χ1) is 9.49. The molecule has 0 spiro atoms. The molecule has 0 rings (SSSR count). The largest absolute Gasteiger partial charge is 0.478 e. The van der Waals surface area contributed by atoms with E-state index in [1.165, 1.54) is 11.0 Å². The third kappa shape index (κ3) is 9.79. The molecule has 114 valence electrons. The van der Waals surface area contributed by atoms with Gasteiger partial charge in [0.25, 0.3) is 0 Å². The zero-order valence-corrected chi connectivity index (χ0v) is 10.8. The fourth-order valence-electron chi connectivity index (χ4n) is 1.04. The van der Waals surface area contributed by atoms with Gasteiger partial charge in [0.1, 0.15) is 13.2 Å². The minimum Gasteiger partial charge on any atom is -0.478 e. The summed E-state index contributed by atoms with van der Waals surface area (Å²) in [4.78, 5) is 21.3. The van der Waals surface area contributed by atoms with Gasteiger partial charge in [0.2, 0.25) is 11.8 Å². The summed E-state index contributed by atoms with van der Waals surface area (Å²) in [5, 5.41) is 31.1. The van der Waals surface area contributed by atoms with Crippen LogP contribution in [0, 0.1) is 10.8 Å². The number of carbonyl (C=O) groups excluding carboxylic acids is 2. The lowest BCUT2D eigenvalue weighted by Crippen LogP contribution is -2.21. The van der Waals surface area contributed by atoms with Crippen LogP contribution in [0.25, 0.3) is 0 Å². The minimum absolute atomic E-state index is 0.0220. The molecule has 10 heteroatoms. The number of hydroxylamine groups is 2. The summed E-state index contributed by atoms with van der Waals surface area (Å²) < 4.78 is 9.83. The third-order valence-electron chi connectivity index (χ3n) is 2.04. The Balaban J connectivity index is 3.55. The fraction of sp³-hybridized carbons (Fsp3) is 0.600. The first-order valence-electron chi connectivity index (χ1n) is 5.76. The van der Waals surface area contributed by atoms with E-state index in [9.17, 15) is 9.59 Å². The zero-order valence-electron chi connectivity index (χ0n) is 10.8. The van der Waals surface area contributed by atoms with Crippen LogP contribution in [0.2, 0.25) is 0 Å². The van der Waals surface area contributed by atoms with Crippen LogP contribution in [-0.4, -0.2) is 47.2 Å². The summed E-state index contributed by atoms with van der Waals surface area (Å²) in [6.07, 6.45) is -0.0500. The number of nitrogens with one attached hydrogen (secondary N) is 4. The average molecular weight is 290 g/mol. The Morgan fingerprint density at radius 1 is 0.800 bits per heavy atom. The first-order valence-corrected chi connectivity index (χ1v) is 5.76. The van der Waals surface area contributed by atoms with Gasteiger partial charge in [-0.05, 0) is 0 Å². The lowest BCUT2D eigenvalue weighted by Gasteiger charge is -2.09. The maximum Gasteiger partial charge on any atom is 0.243 e. The molecule has 0 heterocycles. The molecule has 0 radical (unpaired) electrons. The topological polar surface area (TPSA) is 165 Å². The van der Waals surface area contributed by atoms with Crippen molar-refractivity contribution < 1.29 is 29.5 Å². The lowest BCUT2D eigenvalue weighted by atomic mass is 10.3. The van der Waals surface area contributed by atoms with Gasteiger partial charge in [-0.25, -0.2) is 11.0 Å². The molecule has 0 saturated heterocycles. The van der Waals surface area contributed by atoms with Crippen LogP contribution in [0.3, 0.4) is 0 Å². The van der Waals surface area contributed by atoms with E-state index in [0.29, 0.717) is 0 Å². The maximum atomic E-state index is 10.7. The third-order valence-corrected chi connectivity index (χ3v) is 2.04. The van der Waals surface area contributed by atoms with E-state index in [1.807, 2.05) is 0 Å². The van der Waals surface area contributed by atoms with Gasteiger partial charge >= 0.3 is 0 Å². The Kier molecular flexibility index (Phi) is 9.52. The first kappa shape index (κ1) is 17.8. The molecular weight excluding hydrogens is 272 g/mol. The van der Waals surface area contributed by atoms with Gasteiger partial charge in [-0.2, -0.15) is 0 Å². The van der Waals surface area contributed by atoms with Crippen molar-refractivity contribution in [3.63, 3.8) is 0 Å². The highest BCUT2D eigenvalue weighted by Gasteiger charge is 2.06. The highest BCUT2D eigenvalue weighted by atomic mass is 16.5. The molecule has 0 bridgehead atoms. The number of rotatable bonds is 9. The summed E-state index contributed by atoms with van der Waals surface area (Å²) >= 11 is 0. The van der Waals surface area contributed by atoms with Crippen LogP contribution < -0.4 is 11.0 Å². The van der Waals surface area contributed by atoms with Crippen LogP contribution >= 0.6 is 0 Å². The molecule has 2 amide bonds. The van der Waals surface area contributed by atoms with E-state index in [2.05, 4.69) is 0 Å². The van der Waals surface area contributed by atoms with Crippen molar-refractivity contribution in [2.75, 3.05) is 13.2 Å². The molecule has 0 aliphatic heterocycles. The number of amides is 2. The Bertz CT molecular complexity index is 326. The van der Waals surface area contributed by atoms with E-state index in [0.717, 1.165) is 0 Å². The monoisotopic (exact) mass is 290 g/mol. The molecule has 20 heavy (non-hydrogen) atoms. The Morgan fingerprint density at radius 3 is 1.45 bits per heavy atom. The van der Waals surface area contributed by atoms with Crippen LogP contribution in [0.15, 0.2) is 0 Å². The van der Waals surface area contributed by atoms with E-state index >= 15 is 0 Å². The maximum absolute atomic E-state index is 10.7. The zero-order chi connectivity index (χ0) is 15.4. The second kappa shape index (κ2) is 10.7. The summed E-state index contributed by atoms with van der Waals surface area (Å²) in [5.41, 5.74) is 2.87. The van der Waals surface area contributed by atoms with E-state index in [-0.39, 0.29) is 50.7 Å². The smallest absolute Gasteiger partial charge is 0.243 e. The quantitative estimate of drug-likeness (QED) is 0.111. The van der Waals surface area contributed by atoms with Gasteiger partial charge in [-0.1, -0.05) is 0 Å². The summed E-state index contributed by atoms with van der Waals surface area (Å²) in [6.45, 7) is 0.0440. The molecule has 0 aromatic heterocycles. The normalized spacial score (nSPS) is 9.50. The van der Waals surface area contributed by atoms with Gasteiger partial charge in [-0.15, -0.1) is 0 Å². The number of ether oxygens (including phenoxy) is 2. The van der Waals surface area contributed by atoms with E-state index in [4.69, 9.17) is 30.7 Å². The van der Waals surface area contributed by atoms with E-state index in [1.54, 1.807) is 0 Å². The van der Waals surface area contributed by atoms with E-state index < -0.39 is 11.8 Å². The van der Waals surface area contributed by atoms with Gasteiger partial charge in [-0.3, -0.25) is 30.8 Å². The second-order valence-corrected chi connectivity index (χ2v) is 3.61. The SMILES string of the molecule is N=C(CCC(=O)NO)OCCOC(=N)CCC(=O)NO. The number of carbonyl (C=O) groups is 2. The van der Waals surface area contributed by atoms with Gasteiger partial charge in [0, 0.05) is 25.7 Å². The van der Waals surface area contributed by atoms with Crippen molar-refractivity contribution in [1.29, 1.82) is 10.8 Å². The van der Waals surface area contributed by atoms with Crippen LogP contribution in [0.1, 0.15) is 25.7 Å². The predicted molar refractivity (Wildman–Crippen MR) is 65.7 cm³/mol. The molecule has 6 N–H and O–H groups in total. The Labute approximate surface area is 115 Å². The lowest BCUT2D eigenvalue weighted by molar-refractivity contribution is -0.129. The average Bonchev–Trinajstić information content (AvgIpc) is 2.46. The molecule has 10 nitrogen and oxygen atoms in total. The summed E-state index contributed by atoms with van der Waals surface area (Å²) in [6, 6.07) is 0. The Morgan fingerprint density at radius 2 is 1.15 bits per heavy atom. The van der Waals surface area contributed by atoms with Gasteiger partial charge in [0.05, 0.1) is 0 Å². The van der Waals surface area contributed by atoms with Crippen molar-refractivity contribution in [3.8, 4) is 0 Å². The van der Waals surface area contributed by atoms with Crippen molar-refractivity contribution >= 4 is 23.6 Å². The molecule has 0 aliphatic carbocycles. The highest BCUT2D eigenvalue weighted by Crippen LogP contribution is 1.96. The van der Waals surface area contributed by atoms with Crippen LogP contribution in [0.5, 0.6) is 0 Å². The van der Waals surface area contributed by atoms with Crippen molar-refractivity contribution in [2.24, 2.45) is 0 Å². The molecule has 0 atom stereocenters. The fourth-order valence-corrected chi connectivity index (χ4v) is 1.04. The van der Waals surface area contributed by atoms with Gasteiger partial charge in [0.15, 0.2) is 11.8 Å². The number of hydrogen-bond donors (Lipinski definition) is 6. The van der Waals surface area contributed by atoms with Crippen molar-refractivity contribution in [3.05, 3.63) is 0 Å². The van der Waals surface area contributed by atoms with Crippen LogP contribution in [-0.2, 0) is 19.1 Å². The molecule has 0 saturated carbocycles. The van der Waals surface area contributed by atoms with Crippen molar-refractivity contribution in [2.45, 2.75) is 25.7 Å². The Hall–Kier alpha value is -2.20.